The van der Waals surface area contributed by atoms with Crippen LogP contribution in [0.5, 0.6) is 0 Å². The molecule has 0 aliphatic carbocycles. The second kappa shape index (κ2) is 5.21. The molecule has 8 heteroatoms. The van der Waals surface area contributed by atoms with Crippen molar-refractivity contribution < 1.29 is 10.2 Å². The summed E-state index contributed by atoms with van der Waals surface area (Å²) >= 11 is 0. The molecule has 0 aliphatic heterocycles. The lowest BCUT2D eigenvalue weighted by molar-refractivity contribution is 0.203. The fraction of sp³-hybridized carbons (Fsp3) is 0.364. The molecule has 0 aromatic carbocycles. The Kier molecular flexibility index (Phi) is 3.63. The van der Waals surface area contributed by atoms with E-state index in [9.17, 15) is 4.79 Å². The number of aryl methyl sites for hydroxylation is 1. The van der Waals surface area contributed by atoms with E-state index in [1.165, 1.54) is 4.57 Å². The summed E-state index contributed by atoms with van der Waals surface area (Å²) < 4.78 is 1.39. The maximum absolute atomic E-state index is 12.1. The van der Waals surface area contributed by atoms with Crippen molar-refractivity contribution in [1.82, 2.24) is 14.5 Å². The van der Waals surface area contributed by atoms with Gasteiger partial charge in [-0.2, -0.15) is 4.98 Å². The van der Waals surface area contributed by atoms with Crippen molar-refractivity contribution in [3.63, 3.8) is 0 Å². The van der Waals surface area contributed by atoms with E-state index in [0.29, 0.717) is 5.52 Å². The highest BCUT2D eigenvalue weighted by atomic mass is 16.3. The molecule has 0 spiro atoms. The minimum absolute atomic E-state index is 0.0119. The molecule has 2 aromatic heterocycles. The Morgan fingerprint density at radius 2 is 2.11 bits per heavy atom. The monoisotopic (exact) mass is 265 g/mol. The van der Waals surface area contributed by atoms with Crippen molar-refractivity contribution >= 4 is 22.7 Å². The second-order valence-electron chi connectivity index (χ2n) is 4.13. The van der Waals surface area contributed by atoms with Gasteiger partial charge in [0.05, 0.1) is 24.8 Å². The van der Waals surface area contributed by atoms with Gasteiger partial charge in [-0.1, -0.05) is 0 Å². The number of aliphatic hydroxyl groups excluding tert-OH is 2. The predicted molar refractivity (Wildman–Crippen MR) is 70.8 cm³/mol. The summed E-state index contributed by atoms with van der Waals surface area (Å²) in [5.41, 5.74) is 5.70. The topological polar surface area (TPSA) is 126 Å². The van der Waals surface area contributed by atoms with Crippen molar-refractivity contribution in [2.45, 2.75) is 6.04 Å². The summed E-state index contributed by atoms with van der Waals surface area (Å²) in [7, 11) is 1.61. The predicted octanol–water partition coefficient (Wildman–Crippen LogP) is -1.32. The Morgan fingerprint density at radius 1 is 1.42 bits per heavy atom. The number of pyridine rings is 1. The maximum Gasteiger partial charge on any atom is 0.263 e. The van der Waals surface area contributed by atoms with Gasteiger partial charge >= 0.3 is 0 Å². The van der Waals surface area contributed by atoms with E-state index >= 15 is 0 Å². The van der Waals surface area contributed by atoms with Crippen LogP contribution in [-0.2, 0) is 7.05 Å². The number of aromatic nitrogens is 3. The van der Waals surface area contributed by atoms with Crippen LogP contribution in [0.3, 0.4) is 0 Å². The maximum atomic E-state index is 12.1. The summed E-state index contributed by atoms with van der Waals surface area (Å²) in [6, 6.07) is 1.02. The van der Waals surface area contributed by atoms with Crippen LogP contribution in [0.15, 0.2) is 17.1 Å². The van der Waals surface area contributed by atoms with Crippen LogP contribution < -0.4 is 16.6 Å². The van der Waals surface area contributed by atoms with Gasteiger partial charge in [0.1, 0.15) is 11.2 Å². The molecule has 0 aliphatic rings. The van der Waals surface area contributed by atoms with Gasteiger partial charge in [-0.05, 0) is 6.07 Å². The molecule has 0 fully saturated rings. The van der Waals surface area contributed by atoms with Gasteiger partial charge in [0, 0.05) is 13.2 Å². The lowest BCUT2D eigenvalue weighted by atomic mass is 10.2. The molecule has 5 N–H and O–H groups in total. The van der Waals surface area contributed by atoms with E-state index in [4.69, 9.17) is 15.9 Å². The first-order valence-corrected chi connectivity index (χ1v) is 5.68. The van der Waals surface area contributed by atoms with E-state index in [0.717, 1.165) is 0 Å². The van der Waals surface area contributed by atoms with Gasteiger partial charge in [0.25, 0.3) is 5.56 Å². The van der Waals surface area contributed by atoms with Crippen molar-refractivity contribution in [3.05, 3.63) is 22.6 Å². The lowest BCUT2D eigenvalue weighted by Crippen LogP contribution is -2.29. The fourth-order valence-electron chi connectivity index (χ4n) is 1.70. The number of nitrogens with one attached hydrogen (secondary N) is 1. The molecular weight excluding hydrogens is 250 g/mol. The standard InChI is InChI=1S/C11H15N5O3/c1-16-3-2-7-8(10(16)19)9(15-11(12)14-7)13-6(4-17)5-18/h2-3,6,17-18H,4-5H2,1H3,(H3,12,13,14,15). The molecule has 0 atom stereocenters. The first kappa shape index (κ1) is 13.2. The van der Waals surface area contributed by atoms with Gasteiger partial charge in [-0.3, -0.25) is 4.79 Å². The van der Waals surface area contributed by atoms with Gasteiger partial charge in [0.2, 0.25) is 5.95 Å². The van der Waals surface area contributed by atoms with Gasteiger partial charge in [-0.15, -0.1) is 0 Å². The normalized spacial score (nSPS) is 11.2. The first-order valence-electron chi connectivity index (χ1n) is 5.68. The highest BCUT2D eigenvalue weighted by Crippen LogP contribution is 2.17. The second-order valence-corrected chi connectivity index (χ2v) is 4.13. The van der Waals surface area contributed by atoms with Crippen LogP contribution in [0.4, 0.5) is 11.8 Å². The van der Waals surface area contributed by atoms with Crippen LogP contribution >= 0.6 is 0 Å². The number of nitrogens with zero attached hydrogens (tertiary/aromatic N) is 3. The van der Waals surface area contributed by atoms with Gasteiger partial charge in [-0.25, -0.2) is 4.98 Å². The Hall–Kier alpha value is -2.19. The third-order valence-corrected chi connectivity index (χ3v) is 2.73. The fourth-order valence-corrected chi connectivity index (χ4v) is 1.70. The van der Waals surface area contributed by atoms with E-state index in [1.807, 2.05) is 0 Å². The van der Waals surface area contributed by atoms with E-state index in [2.05, 4.69) is 15.3 Å². The molecule has 8 nitrogen and oxygen atoms in total. The van der Waals surface area contributed by atoms with Gasteiger partial charge < -0.3 is 25.8 Å². The molecule has 0 unspecified atom stereocenters. The summed E-state index contributed by atoms with van der Waals surface area (Å²) in [6.07, 6.45) is 1.58. The number of rotatable bonds is 4. The molecular formula is C11H15N5O3. The quantitative estimate of drug-likeness (QED) is 0.539. The van der Waals surface area contributed by atoms with Crippen molar-refractivity contribution in [1.29, 1.82) is 0 Å². The molecule has 2 aromatic rings. The van der Waals surface area contributed by atoms with E-state index < -0.39 is 6.04 Å². The summed E-state index contributed by atoms with van der Waals surface area (Å²) in [5, 5.41) is 21.2. The van der Waals surface area contributed by atoms with E-state index in [1.54, 1.807) is 19.3 Å². The Labute approximate surface area is 108 Å². The average molecular weight is 265 g/mol. The van der Waals surface area contributed by atoms with Crippen LogP contribution in [0, 0.1) is 0 Å². The summed E-state index contributed by atoms with van der Waals surface area (Å²) in [6.45, 7) is -0.593. The Morgan fingerprint density at radius 3 is 2.74 bits per heavy atom. The molecule has 0 saturated carbocycles. The van der Waals surface area contributed by atoms with Crippen molar-refractivity contribution in [3.8, 4) is 0 Å². The molecule has 0 amide bonds. The Balaban J connectivity index is 2.64. The SMILES string of the molecule is Cn1ccc2nc(N)nc(NC(CO)CO)c2c1=O. The first-order chi connectivity index (χ1) is 9.06. The zero-order valence-electron chi connectivity index (χ0n) is 10.4. The summed E-state index contributed by atoms with van der Waals surface area (Å²) in [4.78, 5) is 20.0. The number of anilines is 2. The minimum atomic E-state index is -0.623. The Bertz CT molecular complexity index is 651. The molecule has 0 radical (unpaired) electrons. The van der Waals surface area contributed by atoms with Crippen LogP contribution in [0.25, 0.3) is 10.9 Å². The van der Waals surface area contributed by atoms with Crippen molar-refractivity contribution in [2.24, 2.45) is 7.05 Å². The lowest BCUT2D eigenvalue weighted by Gasteiger charge is -2.15. The number of fused-ring (bicyclic) bond motifs is 1. The van der Waals surface area contributed by atoms with Crippen LogP contribution in [0.1, 0.15) is 0 Å². The van der Waals surface area contributed by atoms with Crippen molar-refractivity contribution in [2.75, 3.05) is 24.3 Å². The zero-order chi connectivity index (χ0) is 14.0. The number of nitrogens with two attached hydrogens (primary N) is 1. The van der Waals surface area contributed by atoms with Gasteiger partial charge in [0.15, 0.2) is 0 Å². The zero-order valence-corrected chi connectivity index (χ0v) is 10.4. The highest BCUT2D eigenvalue weighted by molar-refractivity contribution is 5.89. The highest BCUT2D eigenvalue weighted by Gasteiger charge is 2.14. The third kappa shape index (κ3) is 2.49. The number of hydrogen-bond acceptors (Lipinski definition) is 7. The van der Waals surface area contributed by atoms with E-state index in [-0.39, 0.29) is 35.9 Å². The number of aliphatic hydroxyl groups is 2. The molecule has 2 rings (SSSR count). The summed E-state index contributed by atoms with van der Waals surface area (Å²) in [5.74, 6) is 0.217. The molecule has 102 valence electrons. The molecule has 0 bridgehead atoms. The molecule has 2 heterocycles. The molecule has 19 heavy (non-hydrogen) atoms. The van der Waals surface area contributed by atoms with Crippen LogP contribution in [0.2, 0.25) is 0 Å². The number of hydrogen-bond donors (Lipinski definition) is 4. The minimum Gasteiger partial charge on any atom is -0.394 e. The van der Waals surface area contributed by atoms with Crippen LogP contribution in [-0.4, -0.2) is 44.0 Å². The third-order valence-electron chi connectivity index (χ3n) is 2.73. The smallest absolute Gasteiger partial charge is 0.263 e. The largest absolute Gasteiger partial charge is 0.394 e. The molecule has 0 saturated heterocycles. The number of nitrogen functional groups attached to an aromatic ring is 1. The average Bonchev–Trinajstić information content (AvgIpc) is 2.39.